The van der Waals surface area contributed by atoms with Crippen LogP contribution in [0, 0.1) is 0 Å². The first-order valence-electron chi connectivity index (χ1n) is 5.83. The van der Waals surface area contributed by atoms with Gasteiger partial charge in [0.1, 0.15) is 0 Å². The van der Waals surface area contributed by atoms with Crippen molar-refractivity contribution in [1.82, 2.24) is 14.9 Å². The van der Waals surface area contributed by atoms with E-state index in [2.05, 4.69) is 15.6 Å². The van der Waals surface area contributed by atoms with Crippen molar-refractivity contribution in [2.24, 2.45) is 0 Å². The first-order valence-corrected chi connectivity index (χ1v) is 5.83. The normalized spacial score (nSPS) is 10.1. The molecule has 1 aromatic heterocycles. The quantitative estimate of drug-likeness (QED) is 0.842. The van der Waals surface area contributed by atoms with Crippen LogP contribution in [-0.2, 0) is 11.3 Å². The van der Waals surface area contributed by atoms with E-state index in [1.54, 1.807) is 6.20 Å². The van der Waals surface area contributed by atoms with Crippen molar-refractivity contribution in [1.29, 1.82) is 0 Å². The van der Waals surface area contributed by atoms with Gasteiger partial charge in [0.25, 0.3) is 0 Å². The number of anilines is 2. The maximum Gasteiger partial charge on any atom is 0.216 e. The predicted molar refractivity (Wildman–Crippen MR) is 70.6 cm³/mol. The second kappa shape index (κ2) is 5.86. The summed E-state index contributed by atoms with van der Waals surface area (Å²) in [6.07, 6.45) is 3.62. The average molecular weight is 244 g/mol. The SMILES string of the molecule is CC(=O)NCCn1ccnc1Nc1ccccc1. The van der Waals surface area contributed by atoms with Crippen molar-refractivity contribution in [3.8, 4) is 0 Å². The van der Waals surface area contributed by atoms with Gasteiger partial charge in [0.2, 0.25) is 11.9 Å². The highest BCUT2D eigenvalue weighted by Gasteiger charge is 2.02. The largest absolute Gasteiger partial charge is 0.355 e. The monoisotopic (exact) mass is 244 g/mol. The molecular formula is C13H16N4O. The van der Waals surface area contributed by atoms with E-state index < -0.39 is 0 Å². The molecule has 2 aromatic rings. The minimum absolute atomic E-state index is 0.0207. The molecular weight excluding hydrogens is 228 g/mol. The number of amides is 1. The zero-order valence-electron chi connectivity index (χ0n) is 10.3. The average Bonchev–Trinajstić information content (AvgIpc) is 2.78. The number of rotatable bonds is 5. The Balaban J connectivity index is 1.97. The third-order valence-corrected chi connectivity index (χ3v) is 2.47. The number of hydrogen-bond donors (Lipinski definition) is 2. The van der Waals surface area contributed by atoms with E-state index in [0.29, 0.717) is 13.1 Å². The lowest BCUT2D eigenvalue weighted by Gasteiger charge is -2.09. The van der Waals surface area contributed by atoms with Crippen LogP contribution in [0.15, 0.2) is 42.7 Å². The van der Waals surface area contributed by atoms with Crippen LogP contribution in [0.25, 0.3) is 0 Å². The van der Waals surface area contributed by atoms with Crippen molar-refractivity contribution in [3.05, 3.63) is 42.7 Å². The van der Waals surface area contributed by atoms with E-state index in [1.165, 1.54) is 6.92 Å². The Bertz CT molecular complexity index is 507. The summed E-state index contributed by atoms with van der Waals surface area (Å²) in [5.74, 6) is 0.749. The lowest BCUT2D eigenvalue weighted by molar-refractivity contribution is -0.118. The molecule has 0 bridgehead atoms. The Morgan fingerprint density at radius 1 is 1.33 bits per heavy atom. The molecule has 0 aliphatic carbocycles. The summed E-state index contributed by atoms with van der Waals surface area (Å²) in [7, 11) is 0. The van der Waals surface area contributed by atoms with Crippen molar-refractivity contribution in [2.45, 2.75) is 13.5 Å². The van der Waals surface area contributed by atoms with Gasteiger partial charge in [0.05, 0.1) is 0 Å². The van der Waals surface area contributed by atoms with E-state index in [4.69, 9.17) is 0 Å². The van der Waals surface area contributed by atoms with Crippen LogP contribution < -0.4 is 10.6 Å². The smallest absolute Gasteiger partial charge is 0.216 e. The lowest BCUT2D eigenvalue weighted by Crippen LogP contribution is -2.24. The van der Waals surface area contributed by atoms with Gasteiger partial charge in [-0.1, -0.05) is 18.2 Å². The van der Waals surface area contributed by atoms with Crippen molar-refractivity contribution >= 4 is 17.5 Å². The summed E-state index contributed by atoms with van der Waals surface area (Å²) in [5, 5.41) is 5.99. The van der Waals surface area contributed by atoms with E-state index in [-0.39, 0.29) is 5.91 Å². The Morgan fingerprint density at radius 3 is 2.83 bits per heavy atom. The molecule has 2 rings (SSSR count). The van der Waals surface area contributed by atoms with Crippen LogP contribution >= 0.6 is 0 Å². The molecule has 0 atom stereocenters. The summed E-state index contributed by atoms with van der Waals surface area (Å²) < 4.78 is 1.96. The fourth-order valence-corrected chi connectivity index (χ4v) is 1.62. The van der Waals surface area contributed by atoms with Gasteiger partial charge in [-0.3, -0.25) is 4.79 Å². The van der Waals surface area contributed by atoms with Gasteiger partial charge < -0.3 is 15.2 Å². The molecule has 2 N–H and O–H groups in total. The Kier molecular flexibility index (Phi) is 3.96. The fourth-order valence-electron chi connectivity index (χ4n) is 1.62. The van der Waals surface area contributed by atoms with Crippen molar-refractivity contribution in [3.63, 3.8) is 0 Å². The van der Waals surface area contributed by atoms with Crippen molar-refractivity contribution in [2.75, 3.05) is 11.9 Å². The maximum atomic E-state index is 10.8. The van der Waals surface area contributed by atoms with Crippen molar-refractivity contribution < 1.29 is 4.79 Å². The Labute approximate surface area is 106 Å². The summed E-state index contributed by atoms with van der Waals surface area (Å²) >= 11 is 0. The molecule has 18 heavy (non-hydrogen) atoms. The fraction of sp³-hybridized carbons (Fsp3) is 0.231. The summed E-state index contributed by atoms with van der Waals surface area (Å²) in [6.45, 7) is 2.79. The van der Waals surface area contributed by atoms with Gasteiger partial charge in [-0.15, -0.1) is 0 Å². The standard InChI is InChI=1S/C13H16N4O/c1-11(18)14-7-9-17-10-8-15-13(17)16-12-5-3-2-4-6-12/h2-6,8,10H,7,9H2,1H3,(H,14,18)(H,15,16). The van der Waals surface area contributed by atoms with Gasteiger partial charge >= 0.3 is 0 Å². The molecule has 0 aliphatic rings. The number of imidazole rings is 1. The van der Waals surface area contributed by atoms with Gasteiger partial charge in [0.15, 0.2) is 0 Å². The molecule has 0 aliphatic heterocycles. The van der Waals surface area contributed by atoms with Gasteiger partial charge in [-0.05, 0) is 12.1 Å². The number of benzene rings is 1. The third-order valence-electron chi connectivity index (χ3n) is 2.47. The highest BCUT2D eigenvalue weighted by molar-refractivity contribution is 5.72. The topological polar surface area (TPSA) is 59.0 Å². The molecule has 0 spiro atoms. The maximum absolute atomic E-state index is 10.8. The zero-order valence-corrected chi connectivity index (χ0v) is 10.3. The molecule has 0 fully saturated rings. The molecule has 1 aromatic carbocycles. The molecule has 0 radical (unpaired) electrons. The number of para-hydroxylation sites is 1. The summed E-state index contributed by atoms with van der Waals surface area (Å²) in [6, 6.07) is 9.86. The minimum atomic E-state index is -0.0207. The minimum Gasteiger partial charge on any atom is -0.355 e. The number of nitrogens with one attached hydrogen (secondary N) is 2. The molecule has 1 heterocycles. The highest BCUT2D eigenvalue weighted by Crippen LogP contribution is 2.13. The number of aromatic nitrogens is 2. The molecule has 5 heteroatoms. The molecule has 94 valence electrons. The van der Waals surface area contributed by atoms with Crippen LogP contribution in [-0.4, -0.2) is 22.0 Å². The first-order chi connectivity index (χ1) is 8.75. The molecule has 5 nitrogen and oxygen atoms in total. The highest BCUT2D eigenvalue weighted by atomic mass is 16.1. The Morgan fingerprint density at radius 2 is 2.11 bits per heavy atom. The first kappa shape index (κ1) is 12.2. The number of hydrogen-bond acceptors (Lipinski definition) is 3. The van der Waals surface area contributed by atoms with Crippen LogP contribution in [0.2, 0.25) is 0 Å². The van der Waals surface area contributed by atoms with Crippen LogP contribution in [0.3, 0.4) is 0 Å². The Hall–Kier alpha value is -2.30. The number of nitrogens with zero attached hydrogens (tertiary/aromatic N) is 2. The van der Waals surface area contributed by atoms with Gasteiger partial charge in [-0.25, -0.2) is 4.98 Å². The predicted octanol–water partition coefficient (Wildman–Crippen LogP) is 1.76. The van der Waals surface area contributed by atoms with Crippen LogP contribution in [0.4, 0.5) is 11.6 Å². The third kappa shape index (κ3) is 3.35. The second-order valence-corrected chi connectivity index (χ2v) is 3.92. The number of carbonyl (C=O) groups excluding carboxylic acids is 1. The number of carbonyl (C=O) groups is 1. The van der Waals surface area contributed by atoms with E-state index >= 15 is 0 Å². The molecule has 0 saturated carbocycles. The molecule has 0 unspecified atom stereocenters. The van der Waals surface area contributed by atoms with E-state index in [9.17, 15) is 4.79 Å². The summed E-state index contributed by atoms with van der Waals surface area (Å²) in [4.78, 5) is 15.0. The lowest BCUT2D eigenvalue weighted by atomic mass is 10.3. The van der Waals surface area contributed by atoms with E-state index in [1.807, 2.05) is 41.1 Å². The molecule has 0 saturated heterocycles. The van der Waals surface area contributed by atoms with Gasteiger partial charge in [-0.2, -0.15) is 0 Å². The summed E-state index contributed by atoms with van der Waals surface area (Å²) in [5.41, 5.74) is 0.990. The second-order valence-electron chi connectivity index (χ2n) is 3.92. The molecule has 1 amide bonds. The van der Waals surface area contributed by atoms with E-state index in [0.717, 1.165) is 11.6 Å². The van der Waals surface area contributed by atoms with Crippen LogP contribution in [0.5, 0.6) is 0 Å². The van der Waals surface area contributed by atoms with Crippen LogP contribution in [0.1, 0.15) is 6.92 Å². The van der Waals surface area contributed by atoms with Gasteiger partial charge in [0, 0.05) is 38.1 Å². The zero-order chi connectivity index (χ0) is 12.8.